The lowest BCUT2D eigenvalue weighted by Gasteiger charge is -2.30. The smallest absolute Gasteiger partial charge is 0.271 e. The SMILES string of the molecule is O=C(N/N=C\[C@H]1C(=O)NC(=S)N(c2ccc(Br)cc2)C1=O)c1ccc(Cl)cc1. The van der Waals surface area contributed by atoms with Gasteiger partial charge in [-0.25, -0.2) is 5.43 Å². The van der Waals surface area contributed by atoms with E-state index in [0.717, 1.165) is 10.7 Å². The van der Waals surface area contributed by atoms with Crippen LogP contribution in [-0.4, -0.2) is 29.0 Å². The Morgan fingerprint density at radius 2 is 1.82 bits per heavy atom. The highest BCUT2D eigenvalue weighted by atomic mass is 79.9. The van der Waals surface area contributed by atoms with Crippen molar-refractivity contribution in [1.82, 2.24) is 10.7 Å². The Kier molecular flexibility index (Phi) is 6.18. The summed E-state index contributed by atoms with van der Waals surface area (Å²) in [6.45, 7) is 0. The molecular weight excluding hydrogens is 468 g/mol. The van der Waals surface area contributed by atoms with Gasteiger partial charge in [0.1, 0.15) is 0 Å². The number of nitrogens with zero attached hydrogens (tertiary/aromatic N) is 2. The van der Waals surface area contributed by atoms with Crippen molar-refractivity contribution in [2.75, 3.05) is 4.90 Å². The lowest BCUT2D eigenvalue weighted by molar-refractivity contribution is -0.130. The molecule has 142 valence electrons. The maximum atomic E-state index is 12.8. The van der Waals surface area contributed by atoms with Gasteiger partial charge in [0.15, 0.2) is 11.0 Å². The van der Waals surface area contributed by atoms with Crippen LogP contribution in [0.4, 0.5) is 5.69 Å². The van der Waals surface area contributed by atoms with Crippen molar-refractivity contribution >= 4 is 74.5 Å². The Balaban J connectivity index is 1.74. The molecule has 1 heterocycles. The Bertz CT molecular complexity index is 979. The molecule has 1 saturated heterocycles. The first-order chi connectivity index (χ1) is 13.4. The van der Waals surface area contributed by atoms with Gasteiger partial charge in [0.25, 0.3) is 11.8 Å². The van der Waals surface area contributed by atoms with Crippen molar-refractivity contribution in [2.24, 2.45) is 11.0 Å². The van der Waals surface area contributed by atoms with E-state index in [1.165, 1.54) is 17.0 Å². The van der Waals surface area contributed by atoms with E-state index in [-0.39, 0.29) is 5.11 Å². The molecule has 28 heavy (non-hydrogen) atoms. The van der Waals surface area contributed by atoms with Gasteiger partial charge in [-0.3, -0.25) is 19.3 Å². The molecule has 2 aromatic carbocycles. The third kappa shape index (κ3) is 4.44. The molecule has 3 rings (SSSR count). The number of hydrogen-bond acceptors (Lipinski definition) is 5. The number of thiocarbonyl (C=S) groups is 1. The van der Waals surface area contributed by atoms with E-state index in [1.54, 1.807) is 36.4 Å². The molecule has 0 aromatic heterocycles. The van der Waals surface area contributed by atoms with Crippen molar-refractivity contribution in [3.63, 3.8) is 0 Å². The summed E-state index contributed by atoms with van der Waals surface area (Å²) >= 11 is 14.2. The fraction of sp³-hybridized carbons (Fsp3) is 0.0556. The largest absolute Gasteiger partial charge is 0.301 e. The van der Waals surface area contributed by atoms with Gasteiger partial charge in [-0.05, 0) is 60.7 Å². The maximum Gasteiger partial charge on any atom is 0.271 e. The van der Waals surface area contributed by atoms with Crippen LogP contribution >= 0.6 is 39.7 Å². The number of hydrazone groups is 1. The number of rotatable bonds is 4. The summed E-state index contributed by atoms with van der Waals surface area (Å²) in [7, 11) is 0. The summed E-state index contributed by atoms with van der Waals surface area (Å²) in [4.78, 5) is 38.2. The molecule has 7 nitrogen and oxygen atoms in total. The van der Waals surface area contributed by atoms with Gasteiger partial charge in [-0.2, -0.15) is 5.10 Å². The van der Waals surface area contributed by atoms with Crippen molar-refractivity contribution in [3.8, 4) is 0 Å². The molecule has 0 radical (unpaired) electrons. The molecule has 1 fully saturated rings. The van der Waals surface area contributed by atoms with Gasteiger partial charge in [0.05, 0.1) is 5.69 Å². The minimum Gasteiger partial charge on any atom is -0.301 e. The van der Waals surface area contributed by atoms with Gasteiger partial charge >= 0.3 is 0 Å². The molecule has 0 aliphatic carbocycles. The zero-order chi connectivity index (χ0) is 20.3. The van der Waals surface area contributed by atoms with Gasteiger partial charge < -0.3 is 5.32 Å². The van der Waals surface area contributed by atoms with Gasteiger partial charge in [-0.15, -0.1) is 0 Å². The average Bonchev–Trinajstić information content (AvgIpc) is 2.66. The second-order valence-corrected chi connectivity index (χ2v) is 7.39. The van der Waals surface area contributed by atoms with E-state index in [0.29, 0.717) is 16.3 Å². The number of carbonyl (C=O) groups is 3. The number of amides is 3. The van der Waals surface area contributed by atoms with E-state index in [2.05, 4.69) is 31.8 Å². The Morgan fingerprint density at radius 3 is 2.46 bits per heavy atom. The topological polar surface area (TPSA) is 90.9 Å². The zero-order valence-electron chi connectivity index (χ0n) is 14.1. The molecule has 0 saturated carbocycles. The lowest BCUT2D eigenvalue weighted by Crippen LogP contribution is -2.58. The van der Waals surface area contributed by atoms with Crippen LogP contribution in [0.2, 0.25) is 5.02 Å². The molecular formula is C18H12BrClN4O3S. The van der Waals surface area contributed by atoms with Crippen LogP contribution < -0.4 is 15.6 Å². The lowest BCUT2D eigenvalue weighted by atomic mass is 10.1. The van der Waals surface area contributed by atoms with Crippen LogP contribution in [0, 0.1) is 5.92 Å². The number of carbonyl (C=O) groups excluding carboxylic acids is 3. The minimum atomic E-state index is -1.24. The summed E-state index contributed by atoms with van der Waals surface area (Å²) < 4.78 is 0.832. The standard InChI is InChI=1S/C18H12BrClN4O3S/c19-11-3-7-13(8-4-11)24-17(27)14(16(26)22-18(24)28)9-21-23-15(25)10-1-5-12(20)6-2-10/h1-9,14H,(H,23,25)(H,22,26,28)/b21-9-/t14-/m0/s1. The normalized spacial score (nSPS) is 17.0. The monoisotopic (exact) mass is 478 g/mol. The van der Waals surface area contributed by atoms with Gasteiger partial charge in [-0.1, -0.05) is 27.5 Å². The number of anilines is 1. The molecule has 0 unspecified atom stereocenters. The van der Waals surface area contributed by atoms with Crippen LogP contribution in [0.5, 0.6) is 0 Å². The first-order valence-electron chi connectivity index (χ1n) is 7.90. The van der Waals surface area contributed by atoms with E-state index >= 15 is 0 Å². The Hall–Kier alpha value is -2.62. The number of halogens is 2. The van der Waals surface area contributed by atoms with Crippen molar-refractivity contribution in [2.45, 2.75) is 0 Å². The van der Waals surface area contributed by atoms with E-state index in [9.17, 15) is 14.4 Å². The van der Waals surface area contributed by atoms with Crippen LogP contribution in [0.3, 0.4) is 0 Å². The highest BCUT2D eigenvalue weighted by Gasteiger charge is 2.38. The fourth-order valence-electron chi connectivity index (χ4n) is 2.39. The highest BCUT2D eigenvalue weighted by molar-refractivity contribution is 9.10. The number of nitrogens with one attached hydrogen (secondary N) is 2. The molecule has 2 aromatic rings. The van der Waals surface area contributed by atoms with E-state index < -0.39 is 23.6 Å². The van der Waals surface area contributed by atoms with Crippen LogP contribution in [-0.2, 0) is 9.59 Å². The third-order valence-electron chi connectivity index (χ3n) is 3.78. The quantitative estimate of drug-likeness (QED) is 0.305. The average molecular weight is 480 g/mol. The molecule has 3 amide bonds. The van der Waals surface area contributed by atoms with E-state index in [4.69, 9.17) is 23.8 Å². The molecule has 10 heteroatoms. The first-order valence-corrected chi connectivity index (χ1v) is 9.48. The molecule has 0 spiro atoms. The molecule has 1 aliphatic heterocycles. The van der Waals surface area contributed by atoms with Crippen molar-refractivity contribution in [3.05, 3.63) is 63.6 Å². The molecule has 0 bridgehead atoms. The number of hydrogen-bond donors (Lipinski definition) is 2. The third-order valence-corrected chi connectivity index (χ3v) is 4.85. The van der Waals surface area contributed by atoms with E-state index in [1.807, 2.05) is 0 Å². The fourth-order valence-corrected chi connectivity index (χ4v) is 3.08. The van der Waals surface area contributed by atoms with Crippen LogP contribution in [0.25, 0.3) is 0 Å². The second-order valence-electron chi connectivity index (χ2n) is 5.65. The molecule has 2 N–H and O–H groups in total. The Morgan fingerprint density at radius 1 is 1.18 bits per heavy atom. The zero-order valence-corrected chi connectivity index (χ0v) is 17.2. The van der Waals surface area contributed by atoms with Crippen molar-refractivity contribution in [1.29, 1.82) is 0 Å². The second kappa shape index (κ2) is 8.59. The summed E-state index contributed by atoms with van der Waals surface area (Å²) in [5, 5.41) is 6.68. The predicted octanol–water partition coefficient (Wildman–Crippen LogP) is 2.88. The maximum absolute atomic E-state index is 12.8. The molecule has 1 atom stereocenters. The minimum absolute atomic E-state index is 0.0211. The highest BCUT2D eigenvalue weighted by Crippen LogP contribution is 2.22. The summed E-state index contributed by atoms with van der Waals surface area (Å²) in [6.07, 6.45) is 1.07. The predicted molar refractivity (Wildman–Crippen MR) is 113 cm³/mol. The first kappa shape index (κ1) is 20.1. The summed E-state index contributed by atoms with van der Waals surface area (Å²) in [6, 6.07) is 13.0. The molecule has 1 aliphatic rings. The summed E-state index contributed by atoms with van der Waals surface area (Å²) in [5.74, 6) is -2.92. The summed E-state index contributed by atoms with van der Waals surface area (Å²) in [5.41, 5.74) is 3.11. The number of benzene rings is 2. The van der Waals surface area contributed by atoms with Crippen molar-refractivity contribution < 1.29 is 14.4 Å². The van der Waals surface area contributed by atoms with Gasteiger partial charge in [0, 0.05) is 21.3 Å². The van der Waals surface area contributed by atoms with Gasteiger partial charge in [0.2, 0.25) is 5.91 Å². The van der Waals surface area contributed by atoms with Crippen LogP contribution in [0.1, 0.15) is 10.4 Å². The Labute approximate surface area is 178 Å². The van der Waals surface area contributed by atoms with Crippen LogP contribution in [0.15, 0.2) is 58.1 Å².